The number of aliphatic hydroxyl groups is 1. The molecule has 0 radical (unpaired) electrons. The highest BCUT2D eigenvalue weighted by Crippen LogP contribution is 2.30. The van der Waals surface area contributed by atoms with Gasteiger partial charge in [0.25, 0.3) is 0 Å². The SMILES string of the molecule is Cc1ccc(NC(=O)C2(CO)COC2)c(C)c1C. The maximum atomic E-state index is 12.1. The van der Waals surface area contributed by atoms with Crippen LogP contribution in [-0.4, -0.2) is 30.8 Å². The summed E-state index contributed by atoms with van der Waals surface area (Å²) in [6.07, 6.45) is 0. The maximum Gasteiger partial charge on any atom is 0.237 e. The highest BCUT2D eigenvalue weighted by atomic mass is 16.5. The predicted molar refractivity (Wildman–Crippen MR) is 69.6 cm³/mol. The lowest BCUT2D eigenvalue weighted by Crippen LogP contribution is -2.54. The summed E-state index contributed by atoms with van der Waals surface area (Å²) in [6.45, 7) is 6.47. The highest BCUT2D eigenvalue weighted by molar-refractivity contribution is 5.97. The molecule has 0 aliphatic carbocycles. The van der Waals surface area contributed by atoms with Crippen molar-refractivity contribution in [1.29, 1.82) is 0 Å². The van der Waals surface area contributed by atoms with E-state index in [1.807, 2.05) is 32.9 Å². The van der Waals surface area contributed by atoms with E-state index in [1.54, 1.807) is 0 Å². The van der Waals surface area contributed by atoms with Crippen molar-refractivity contribution >= 4 is 11.6 Å². The molecule has 1 aromatic rings. The van der Waals surface area contributed by atoms with Gasteiger partial charge < -0.3 is 15.2 Å². The standard InChI is InChI=1S/C14H19NO3/c1-9-4-5-12(11(3)10(9)2)15-13(17)14(6-16)7-18-8-14/h4-5,16H,6-8H2,1-3H3,(H,15,17). The summed E-state index contributed by atoms with van der Waals surface area (Å²) in [5.74, 6) is -0.164. The van der Waals surface area contributed by atoms with Crippen LogP contribution in [0.3, 0.4) is 0 Å². The van der Waals surface area contributed by atoms with Gasteiger partial charge in [0, 0.05) is 5.69 Å². The lowest BCUT2D eigenvalue weighted by molar-refractivity contribution is -0.164. The van der Waals surface area contributed by atoms with E-state index in [1.165, 1.54) is 11.1 Å². The Hall–Kier alpha value is -1.39. The summed E-state index contributed by atoms with van der Waals surface area (Å²) < 4.78 is 5.04. The minimum Gasteiger partial charge on any atom is -0.395 e. The molecule has 2 rings (SSSR count). The third-order valence-corrected chi connectivity index (χ3v) is 3.85. The third-order valence-electron chi connectivity index (χ3n) is 3.85. The third kappa shape index (κ3) is 2.02. The molecule has 1 aliphatic heterocycles. The number of aryl methyl sites for hydroxylation is 1. The molecule has 1 amide bonds. The number of aliphatic hydroxyl groups excluding tert-OH is 1. The number of ether oxygens (including phenoxy) is 1. The van der Waals surface area contributed by atoms with E-state index in [-0.39, 0.29) is 12.5 Å². The van der Waals surface area contributed by atoms with Crippen LogP contribution in [0.15, 0.2) is 12.1 Å². The molecule has 0 aromatic heterocycles. The van der Waals surface area contributed by atoms with Crippen LogP contribution in [0.5, 0.6) is 0 Å². The number of carbonyl (C=O) groups is 1. The van der Waals surface area contributed by atoms with Crippen LogP contribution in [0.2, 0.25) is 0 Å². The Balaban J connectivity index is 2.20. The maximum absolute atomic E-state index is 12.1. The molecule has 4 heteroatoms. The number of amides is 1. The second-order valence-corrected chi connectivity index (χ2v) is 5.07. The molecular weight excluding hydrogens is 230 g/mol. The van der Waals surface area contributed by atoms with Crippen molar-refractivity contribution in [2.45, 2.75) is 20.8 Å². The topological polar surface area (TPSA) is 58.6 Å². The fourth-order valence-electron chi connectivity index (χ4n) is 1.99. The molecule has 0 saturated carbocycles. The molecule has 0 unspecified atom stereocenters. The Morgan fingerprint density at radius 3 is 2.50 bits per heavy atom. The van der Waals surface area contributed by atoms with E-state index >= 15 is 0 Å². The minimum absolute atomic E-state index is 0.164. The number of anilines is 1. The molecule has 1 aromatic carbocycles. The van der Waals surface area contributed by atoms with Gasteiger partial charge in [0.15, 0.2) is 0 Å². The Morgan fingerprint density at radius 1 is 1.33 bits per heavy atom. The van der Waals surface area contributed by atoms with Crippen LogP contribution in [0.1, 0.15) is 16.7 Å². The molecule has 4 nitrogen and oxygen atoms in total. The molecule has 0 atom stereocenters. The van der Waals surface area contributed by atoms with E-state index in [4.69, 9.17) is 4.74 Å². The molecule has 18 heavy (non-hydrogen) atoms. The van der Waals surface area contributed by atoms with Gasteiger partial charge in [0.1, 0.15) is 5.41 Å². The number of nitrogens with one attached hydrogen (secondary N) is 1. The molecule has 98 valence electrons. The Bertz CT molecular complexity index is 473. The first-order valence-electron chi connectivity index (χ1n) is 6.07. The first-order chi connectivity index (χ1) is 8.50. The fourth-order valence-corrected chi connectivity index (χ4v) is 1.99. The van der Waals surface area contributed by atoms with Gasteiger partial charge in [-0.2, -0.15) is 0 Å². The molecule has 1 fully saturated rings. The minimum atomic E-state index is -0.759. The monoisotopic (exact) mass is 249 g/mol. The van der Waals surface area contributed by atoms with Gasteiger partial charge in [-0.3, -0.25) is 4.79 Å². The lowest BCUT2D eigenvalue weighted by atomic mass is 9.85. The van der Waals surface area contributed by atoms with E-state index in [9.17, 15) is 9.90 Å². The first kappa shape index (κ1) is 13.1. The molecule has 1 aliphatic rings. The van der Waals surface area contributed by atoms with E-state index in [0.717, 1.165) is 11.3 Å². The number of rotatable bonds is 3. The van der Waals surface area contributed by atoms with E-state index in [0.29, 0.717) is 13.2 Å². The molecule has 2 N–H and O–H groups in total. The summed E-state index contributed by atoms with van der Waals surface area (Å²) in [6, 6.07) is 3.89. The summed E-state index contributed by atoms with van der Waals surface area (Å²) in [5.41, 5.74) is 3.50. The Kier molecular flexibility index (Phi) is 3.41. The highest BCUT2D eigenvalue weighted by Gasteiger charge is 2.45. The van der Waals surface area contributed by atoms with Gasteiger partial charge in [-0.15, -0.1) is 0 Å². The quantitative estimate of drug-likeness (QED) is 0.854. The Labute approximate surface area is 107 Å². The summed E-state index contributed by atoms with van der Waals surface area (Å²) >= 11 is 0. The summed E-state index contributed by atoms with van der Waals surface area (Å²) in [4.78, 5) is 12.1. The fraction of sp³-hybridized carbons (Fsp3) is 0.500. The van der Waals surface area contributed by atoms with E-state index in [2.05, 4.69) is 5.32 Å². The van der Waals surface area contributed by atoms with E-state index < -0.39 is 5.41 Å². The van der Waals surface area contributed by atoms with Crippen LogP contribution < -0.4 is 5.32 Å². The van der Waals surface area contributed by atoms with Gasteiger partial charge in [-0.05, 0) is 43.5 Å². The molecule has 1 heterocycles. The smallest absolute Gasteiger partial charge is 0.237 e. The van der Waals surface area contributed by atoms with Crippen LogP contribution in [0.4, 0.5) is 5.69 Å². The van der Waals surface area contributed by atoms with Crippen LogP contribution in [0, 0.1) is 26.2 Å². The lowest BCUT2D eigenvalue weighted by Gasteiger charge is -2.38. The Morgan fingerprint density at radius 2 is 2.00 bits per heavy atom. The van der Waals surface area contributed by atoms with Crippen molar-refractivity contribution in [3.63, 3.8) is 0 Å². The zero-order valence-electron chi connectivity index (χ0n) is 11.0. The van der Waals surface area contributed by atoms with Crippen molar-refractivity contribution in [1.82, 2.24) is 0 Å². The van der Waals surface area contributed by atoms with Crippen LogP contribution >= 0.6 is 0 Å². The van der Waals surface area contributed by atoms with Crippen molar-refractivity contribution < 1.29 is 14.6 Å². The average Bonchev–Trinajstić information content (AvgIpc) is 2.29. The number of benzene rings is 1. The first-order valence-corrected chi connectivity index (χ1v) is 6.07. The van der Waals surface area contributed by atoms with Gasteiger partial charge in [0.05, 0.1) is 19.8 Å². The summed E-state index contributed by atoms with van der Waals surface area (Å²) in [7, 11) is 0. The normalized spacial score (nSPS) is 17.1. The van der Waals surface area contributed by atoms with Gasteiger partial charge in [0.2, 0.25) is 5.91 Å². The van der Waals surface area contributed by atoms with Gasteiger partial charge in [-0.1, -0.05) is 6.07 Å². The number of hydrogen-bond donors (Lipinski definition) is 2. The second kappa shape index (κ2) is 4.71. The molecule has 1 saturated heterocycles. The average molecular weight is 249 g/mol. The van der Waals surface area contributed by atoms with Crippen LogP contribution in [-0.2, 0) is 9.53 Å². The molecule has 0 bridgehead atoms. The molecular formula is C14H19NO3. The molecule has 0 spiro atoms. The van der Waals surface area contributed by atoms with Gasteiger partial charge in [-0.25, -0.2) is 0 Å². The second-order valence-electron chi connectivity index (χ2n) is 5.07. The number of carbonyl (C=O) groups excluding carboxylic acids is 1. The van der Waals surface area contributed by atoms with Crippen molar-refractivity contribution in [3.8, 4) is 0 Å². The predicted octanol–water partition coefficient (Wildman–Crippen LogP) is 1.56. The van der Waals surface area contributed by atoms with Crippen LogP contribution in [0.25, 0.3) is 0 Å². The summed E-state index contributed by atoms with van der Waals surface area (Å²) in [5, 5.41) is 12.2. The zero-order valence-corrected chi connectivity index (χ0v) is 11.0. The van der Waals surface area contributed by atoms with Crippen molar-refractivity contribution in [2.75, 3.05) is 25.1 Å². The van der Waals surface area contributed by atoms with Crippen molar-refractivity contribution in [3.05, 3.63) is 28.8 Å². The number of hydrogen-bond acceptors (Lipinski definition) is 3. The van der Waals surface area contributed by atoms with Gasteiger partial charge >= 0.3 is 0 Å². The zero-order chi connectivity index (χ0) is 13.3. The van der Waals surface area contributed by atoms with Crippen molar-refractivity contribution in [2.24, 2.45) is 5.41 Å². The largest absolute Gasteiger partial charge is 0.395 e.